The first kappa shape index (κ1) is 23.2. The minimum absolute atomic E-state index is 0.0717. The standard InChI is InChI=1S/C21H24F3N3O3S/c22-21(23,24)17-7-4-8-19(13-17)31(29,30)25-14-20(28)26-18-9-11-27(12-10-18)15-16-5-2-1-3-6-16/h1-8,13,18,25H,9-12,14-15H2,(H,26,28). The Bertz CT molecular complexity index is 990. The SMILES string of the molecule is O=C(CNS(=O)(=O)c1cccc(C(F)(F)F)c1)NC1CCN(Cc2ccccc2)CC1. The topological polar surface area (TPSA) is 78.5 Å². The molecule has 0 bridgehead atoms. The van der Waals surface area contributed by atoms with Crippen molar-refractivity contribution in [1.82, 2.24) is 14.9 Å². The molecule has 0 atom stereocenters. The lowest BCUT2D eigenvalue weighted by Gasteiger charge is -2.32. The van der Waals surface area contributed by atoms with Crippen LogP contribution in [0.25, 0.3) is 0 Å². The highest BCUT2D eigenvalue weighted by Crippen LogP contribution is 2.30. The molecule has 6 nitrogen and oxygen atoms in total. The Morgan fingerprint density at radius 3 is 2.35 bits per heavy atom. The fourth-order valence-electron chi connectivity index (χ4n) is 3.44. The van der Waals surface area contributed by atoms with E-state index in [0.29, 0.717) is 6.07 Å². The van der Waals surface area contributed by atoms with Crippen molar-refractivity contribution in [1.29, 1.82) is 0 Å². The molecule has 1 saturated heterocycles. The Balaban J connectivity index is 1.46. The van der Waals surface area contributed by atoms with Crippen LogP contribution in [0.3, 0.4) is 0 Å². The second-order valence-electron chi connectivity index (χ2n) is 7.45. The van der Waals surface area contributed by atoms with Crippen LogP contribution in [0.4, 0.5) is 13.2 Å². The average Bonchev–Trinajstić information content (AvgIpc) is 2.74. The minimum atomic E-state index is -4.65. The van der Waals surface area contributed by atoms with E-state index in [1.165, 1.54) is 5.56 Å². The largest absolute Gasteiger partial charge is 0.416 e. The van der Waals surface area contributed by atoms with Gasteiger partial charge in [0.15, 0.2) is 0 Å². The number of hydrogen-bond donors (Lipinski definition) is 2. The highest BCUT2D eigenvalue weighted by atomic mass is 32.2. The number of nitrogens with one attached hydrogen (secondary N) is 2. The van der Waals surface area contributed by atoms with Gasteiger partial charge in [-0.25, -0.2) is 13.1 Å². The number of carbonyl (C=O) groups excluding carboxylic acids is 1. The van der Waals surface area contributed by atoms with E-state index in [-0.39, 0.29) is 6.04 Å². The molecule has 1 fully saturated rings. The predicted octanol–water partition coefficient (Wildman–Crippen LogP) is 2.76. The highest BCUT2D eigenvalue weighted by Gasteiger charge is 2.31. The molecule has 2 aromatic rings. The summed E-state index contributed by atoms with van der Waals surface area (Å²) < 4.78 is 65.0. The molecule has 1 amide bonds. The lowest BCUT2D eigenvalue weighted by Crippen LogP contribution is -2.47. The van der Waals surface area contributed by atoms with E-state index in [2.05, 4.69) is 27.1 Å². The Hall–Kier alpha value is -2.43. The summed E-state index contributed by atoms with van der Waals surface area (Å²) in [6.07, 6.45) is -3.18. The summed E-state index contributed by atoms with van der Waals surface area (Å²) in [7, 11) is -4.24. The Labute approximate surface area is 179 Å². The fraction of sp³-hybridized carbons (Fsp3) is 0.381. The smallest absolute Gasteiger partial charge is 0.352 e. The summed E-state index contributed by atoms with van der Waals surface area (Å²) in [5.74, 6) is -0.517. The molecule has 0 aromatic heterocycles. The molecule has 10 heteroatoms. The van der Waals surface area contributed by atoms with Crippen molar-refractivity contribution >= 4 is 15.9 Å². The number of hydrogen-bond acceptors (Lipinski definition) is 4. The zero-order chi connectivity index (χ0) is 22.5. The maximum Gasteiger partial charge on any atom is 0.416 e. The van der Waals surface area contributed by atoms with E-state index in [1.807, 2.05) is 18.2 Å². The van der Waals surface area contributed by atoms with Crippen LogP contribution in [0.1, 0.15) is 24.0 Å². The lowest BCUT2D eigenvalue weighted by molar-refractivity contribution is -0.137. The molecule has 1 aliphatic rings. The third kappa shape index (κ3) is 6.78. The molecule has 3 rings (SSSR count). The summed E-state index contributed by atoms with van der Waals surface area (Å²) >= 11 is 0. The van der Waals surface area contributed by atoms with E-state index in [9.17, 15) is 26.4 Å². The van der Waals surface area contributed by atoms with E-state index in [4.69, 9.17) is 0 Å². The van der Waals surface area contributed by atoms with Crippen molar-refractivity contribution in [2.75, 3.05) is 19.6 Å². The van der Waals surface area contributed by atoms with Gasteiger partial charge in [-0.15, -0.1) is 0 Å². The zero-order valence-corrected chi connectivity index (χ0v) is 17.5. The quantitative estimate of drug-likeness (QED) is 0.673. The van der Waals surface area contributed by atoms with Gasteiger partial charge in [-0.05, 0) is 36.6 Å². The normalized spacial score (nSPS) is 16.2. The van der Waals surface area contributed by atoms with Crippen molar-refractivity contribution < 1.29 is 26.4 Å². The molecule has 1 heterocycles. The Kier molecular flexibility index (Phi) is 7.34. The van der Waals surface area contributed by atoms with Crippen LogP contribution < -0.4 is 10.0 Å². The molecule has 2 N–H and O–H groups in total. The molecule has 0 aliphatic carbocycles. The monoisotopic (exact) mass is 455 g/mol. The molecule has 0 unspecified atom stereocenters. The van der Waals surface area contributed by atoms with E-state index in [0.717, 1.165) is 50.7 Å². The maximum absolute atomic E-state index is 12.8. The summed E-state index contributed by atoms with van der Waals surface area (Å²) in [4.78, 5) is 13.9. The second kappa shape index (κ2) is 9.80. The zero-order valence-electron chi connectivity index (χ0n) is 16.7. The van der Waals surface area contributed by atoms with Crippen molar-refractivity contribution in [2.24, 2.45) is 0 Å². The van der Waals surface area contributed by atoms with Crippen LogP contribution >= 0.6 is 0 Å². The molecule has 0 radical (unpaired) electrons. The molecule has 0 saturated carbocycles. The number of benzene rings is 2. The van der Waals surface area contributed by atoms with E-state index < -0.39 is 39.1 Å². The van der Waals surface area contributed by atoms with Crippen molar-refractivity contribution in [3.63, 3.8) is 0 Å². The number of likely N-dealkylation sites (tertiary alicyclic amines) is 1. The Morgan fingerprint density at radius 1 is 1.03 bits per heavy atom. The molecule has 31 heavy (non-hydrogen) atoms. The van der Waals surface area contributed by atoms with Gasteiger partial charge in [0, 0.05) is 25.7 Å². The van der Waals surface area contributed by atoms with Crippen LogP contribution in [0, 0.1) is 0 Å². The lowest BCUT2D eigenvalue weighted by atomic mass is 10.0. The molecular formula is C21H24F3N3O3S. The average molecular weight is 456 g/mol. The van der Waals surface area contributed by atoms with Gasteiger partial charge in [-0.1, -0.05) is 36.4 Å². The van der Waals surface area contributed by atoms with E-state index in [1.54, 1.807) is 0 Å². The number of rotatable bonds is 7. The summed E-state index contributed by atoms with van der Waals surface area (Å²) in [5.41, 5.74) is 0.149. The third-order valence-electron chi connectivity index (χ3n) is 5.10. The van der Waals surface area contributed by atoms with Gasteiger partial charge in [0.1, 0.15) is 0 Å². The Morgan fingerprint density at radius 2 is 1.71 bits per heavy atom. The molecular weight excluding hydrogens is 431 g/mol. The number of sulfonamides is 1. The summed E-state index contributed by atoms with van der Waals surface area (Å²) in [6, 6.07) is 13.4. The van der Waals surface area contributed by atoms with Gasteiger partial charge in [0.05, 0.1) is 17.0 Å². The van der Waals surface area contributed by atoms with Gasteiger partial charge in [0.25, 0.3) is 0 Å². The third-order valence-corrected chi connectivity index (χ3v) is 6.50. The number of piperidine rings is 1. The maximum atomic E-state index is 12.8. The van der Waals surface area contributed by atoms with Gasteiger partial charge in [-0.2, -0.15) is 13.2 Å². The predicted molar refractivity (Wildman–Crippen MR) is 110 cm³/mol. The first-order valence-electron chi connectivity index (χ1n) is 9.86. The van der Waals surface area contributed by atoms with Crippen molar-refractivity contribution in [3.05, 3.63) is 65.7 Å². The van der Waals surface area contributed by atoms with Gasteiger partial charge in [-0.3, -0.25) is 9.69 Å². The van der Waals surface area contributed by atoms with Gasteiger partial charge < -0.3 is 5.32 Å². The van der Waals surface area contributed by atoms with Crippen LogP contribution in [-0.4, -0.2) is 44.9 Å². The molecule has 1 aliphatic heterocycles. The summed E-state index contributed by atoms with van der Waals surface area (Å²) in [5, 5.41) is 2.79. The second-order valence-corrected chi connectivity index (χ2v) is 9.22. The highest BCUT2D eigenvalue weighted by molar-refractivity contribution is 7.89. The number of nitrogens with zero attached hydrogens (tertiary/aromatic N) is 1. The molecule has 0 spiro atoms. The summed E-state index contributed by atoms with van der Waals surface area (Å²) in [6.45, 7) is 1.90. The minimum Gasteiger partial charge on any atom is -0.352 e. The number of alkyl halides is 3. The molecule has 2 aromatic carbocycles. The van der Waals surface area contributed by atoms with Crippen LogP contribution in [0.5, 0.6) is 0 Å². The van der Waals surface area contributed by atoms with Gasteiger partial charge in [0.2, 0.25) is 15.9 Å². The molecule has 168 valence electrons. The van der Waals surface area contributed by atoms with Crippen LogP contribution in [0.15, 0.2) is 59.5 Å². The first-order valence-corrected chi connectivity index (χ1v) is 11.3. The fourth-order valence-corrected chi connectivity index (χ4v) is 4.47. The van der Waals surface area contributed by atoms with E-state index >= 15 is 0 Å². The van der Waals surface area contributed by atoms with Crippen molar-refractivity contribution in [3.8, 4) is 0 Å². The van der Waals surface area contributed by atoms with Crippen LogP contribution in [0.2, 0.25) is 0 Å². The number of amides is 1. The first-order chi connectivity index (χ1) is 14.6. The number of halogens is 3. The van der Waals surface area contributed by atoms with Gasteiger partial charge >= 0.3 is 6.18 Å². The van der Waals surface area contributed by atoms with Crippen LogP contribution in [-0.2, 0) is 27.5 Å². The number of carbonyl (C=O) groups is 1. The van der Waals surface area contributed by atoms with Crippen molar-refractivity contribution in [2.45, 2.75) is 36.5 Å².